The molecule has 1 aromatic rings. The smallest absolute Gasteiger partial charge is 0.315 e. The fraction of sp³-hybridized carbons (Fsp3) is 0.533. The molecule has 5 N–H and O–H groups in total. The van der Waals surface area contributed by atoms with Crippen molar-refractivity contribution in [3.8, 4) is 0 Å². The van der Waals surface area contributed by atoms with Crippen LogP contribution in [0, 0.1) is 5.41 Å². The Hall–Kier alpha value is -1.75. The summed E-state index contributed by atoms with van der Waals surface area (Å²) in [6, 6.07) is 7.41. The molecule has 1 aliphatic rings. The number of aliphatic hydroxyl groups excluding tert-OH is 1. The van der Waals surface area contributed by atoms with Gasteiger partial charge in [0.1, 0.15) is 0 Å². The van der Waals surface area contributed by atoms with E-state index in [1.54, 1.807) is 0 Å². The van der Waals surface area contributed by atoms with Crippen LogP contribution >= 0.6 is 0 Å². The first-order valence-corrected chi connectivity index (χ1v) is 6.90. The highest BCUT2D eigenvalue weighted by Gasteiger charge is 2.46. The molecular formula is C15H23N3O2. The molecule has 0 heterocycles. The standard InChI is InChI=1S/C15H23N3O2/c1-14(2,10-19)9-17-13(20)18-15(7-8-15)11-5-3-4-6-12(11)16/h3-6,19H,7-10,16H2,1-2H3,(H2,17,18,20). The number of rotatable bonds is 5. The molecule has 1 aromatic carbocycles. The van der Waals surface area contributed by atoms with Crippen molar-refractivity contribution in [1.82, 2.24) is 10.6 Å². The minimum absolute atomic E-state index is 0.0318. The molecule has 2 rings (SSSR count). The van der Waals surface area contributed by atoms with Crippen molar-refractivity contribution in [3.63, 3.8) is 0 Å². The highest BCUT2D eigenvalue weighted by Crippen LogP contribution is 2.47. The number of urea groups is 1. The van der Waals surface area contributed by atoms with Crippen LogP contribution in [0.4, 0.5) is 10.5 Å². The highest BCUT2D eigenvalue weighted by atomic mass is 16.3. The molecule has 0 spiro atoms. The molecule has 0 atom stereocenters. The van der Waals surface area contributed by atoms with Gasteiger partial charge in [-0.1, -0.05) is 32.0 Å². The van der Waals surface area contributed by atoms with Crippen molar-refractivity contribution in [2.24, 2.45) is 5.41 Å². The third-order valence-corrected chi connectivity index (χ3v) is 3.73. The molecule has 0 aliphatic heterocycles. The Kier molecular flexibility index (Phi) is 3.90. The third kappa shape index (κ3) is 3.22. The fourth-order valence-electron chi connectivity index (χ4n) is 2.16. The van der Waals surface area contributed by atoms with E-state index in [2.05, 4.69) is 10.6 Å². The Labute approximate surface area is 119 Å². The lowest BCUT2D eigenvalue weighted by atomic mass is 9.95. The summed E-state index contributed by atoms with van der Waals surface area (Å²) in [7, 11) is 0. The Bertz CT molecular complexity index is 496. The third-order valence-electron chi connectivity index (χ3n) is 3.73. The van der Waals surface area contributed by atoms with Crippen molar-refractivity contribution in [3.05, 3.63) is 29.8 Å². The number of nitrogens with two attached hydrogens (primary N) is 1. The first-order chi connectivity index (χ1) is 9.38. The molecule has 110 valence electrons. The zero-order valence-corrected chi connectivity index (χ0v) is 12.1. The highest BCUT2D eigenvalue weighted by molar-refractivity contribution is 5.76. The average Bonchev–Trinajstić information content (AvgIpc) is 3.18. The Morgan fingerprint density at radius 1 is 1.40 bits per heavy atom. The summed E-state index contributed by atoms with van der Waals surface area (Å²) in [6.07, 6.45) is 1.80. The van der Waals surface area contributed by atoms with Gasteiger partial charge in [-0.05, 0) is 18.9 Å². The van der Waals surface area contributed by atoms with Crippen LogP contribution in [-0.4, -0.2) is 24.3 Å². The number of para-hydroxylation sites is 1. The van der Waals surface area contributed by atoms with Gasteiger partial charge in [-0.2, -0.15) is 0 Å². The minimum Gasteiger partial charge on any atom is -0.398 e. The van der Waals surface area contributed by atoms with Gasteiger partial charge >= 0.3 is 6.03 Å². The molecule has 0 bridgehead atoms. The summed E-state index contributed by atoms with van der Waals surface area (Å²) in [4.78, 5) is 12.0. The van der Waals surface area contributed by atoms with Crippen molar-refractivity contribution in [1.29, 1.82) is 0 Å². The summed E-state index contributed by atoms with van der Waals surface area (Å²) >= 11 is 0. The van der Waals surface area contributed by atoms with Crippen LogP contribution in [0.1, 0.15) is 32.3 Å². The van der Waals surface area contributed by atoms with Crippen LogP contribution in [0.2, 0.25) is 0 Å². The molecule has 2 amide bonds. The molecular weight excluding hydrogens is 254 g/mol. The number of hydrogen-bond acceptors (Lipinski definition) is 3. The van der Waals surface area contributed by atoms with E-state index >= 15 is 0 Å². The minimum atomic E-state index is -0.321. The summed E-state index contributed by atoms with van der Waals surface area (Å²) in [6.45, 7) is 4.25. The molecule has 0 unspecified atom stereocenters. The number of aliphatic hydroxyl groups is 1. The number of anilines is 1. The SMILES string of the molecule is CC(C)(CO)CNC(=O)NC1(c2ccccc2N)CC1. The predicted octanol–water partition coefficient (Wildman–Crippen LogP) is 1.58. The number of amides is 2. The molecule has 20 heavy (non-hydrogen) atoms. The van der Waals surface area contributed by atoms with E-state index in [4.69, 9.17) is 5.73 Å². The Morgan fingerprint density at radius 2 is 2.05 bits per heavy atom. The lowest BCUT2D eigenvalue weighted by Crippen LogP contribution is -2.46. The number of nitrogens with one attached hydrogen (secondary N) is 2. The van der Waals surface area contributed by atoms with Gasteiger partial charge in [0, 0.05) is 29.8 Å². The Balaban J connectivity index is 1.96. The van der Waals surface area contributed by atoms with Crippen LogP contribution in [0.25, 0.3) is 0 Å². The predicted molar refractivity (Wildman–Crippen MR) is 79.2 cm³/mol. The zero-order valence-electron chi connectivity index (χ0n) is 12.1. The quantitative estimate of drug-likeness (QED) is 0.616. The lowest BCUT2D eigenvalue weighted by molar-refractivity contribution is 0.156. The van der Waals surface area contributed by atoms with Crippen LogP contribution in [0.15, 0.2) is 24.3 Å². The number of nitrogen functional groups attached to an aromatic ring is 1. The Morgan fingerprint density at radius 3 is 2.60 bits per heavy atom. The van der Waals surface area contributed by atoms with E-state index in [1.165, 1.54) is 0 Å². The van der Waals surface area contributed by atoms with Crippen molar-refractivity contribution in [2.75, 3.05) is 18.9 Å². The van der Waals surface area contributed by atoms with Gasteiger partial charge in [0.25, 0.3) is 0 Å². The fourth-order valence-corrected chi connectivity index (χ4v) is 2.16. The van der Waals surface area contributed by atoms with Crippen LogP contribution < -0.4 is 16.4 Å². The van der Waals surface area contributed by atoms with E-state index in [-0.39, 0.29) is 23.6 Å². The normalized spacial score (nSPS) is 16.6. The van der Waals surface area contributed by atoms with Gasteiger partial charge in [-0.15, -0.1) is 0 Å². The second-order valence-corrected chi connectivity index (χ2v) is 6.30. The number of benzene rings is 1. The van der Waals surface area contributed by atoms with Crippen molar-refractivity contribution in [2.45, 2.75) is 32.2 Å². The topological polar surface area (TPSA) is 87.4 Å². The zero-order chi connectivity index (χ0) is 14.8. The summed E-state index contributed by atoms with van der Waals surface area (Å²) in [5.74, 6) is 0. The summed E-state index contributed by atoms with van der Waals surface area (Å²) < 4.78 is 0. The maximum Gasteiger partial charge on any atom is 0.315 e. The molecule has 1 fully saturated rings. The van der Waals surface area contributed by atoms with Gasteiger partial charge in [0.05, 0.1) is 5.54 Å². The van der Waals surface area contributed by atoms with Gasteiger partial charge < -0.3 is 21.5 Å². The molecule has 0 saturated heterocycles. The van der Waals surface area contributed by atoms with Crippen LogP contribution in [-0.2, 0) is 5.54 Å². The van der Waals surface area contributed by atoms with Gasteiger partial charge in [0.2, 0.25) is 0 Å². The van der Waals surface area contributed by atoms with Crippen molar-refractivity contribution < 1.29 is 9.90 Å². The first-order valence-electron chi connectivity index (χ1n) is 6.90. The molecule has 0 radical (unpaired) electrons. The summed E-state index contributed by atoms with van der Waals surface area (Å²) in [5.41, 5.74) is 7.03. The number of carbonyl (C=O) groups is 1. The van der Waals surface area contributed by atoms with Gasteiger partial charge in [-0.25, -0.2) is 4.79 Å². The van der Waals surface area contributed by atoms with E-state index in [9.17, 15) is 9.90 Å². The van der Waals surface area contributed by atoms with Crippen LogP contribution in [0.5, 0.6) is 0 Å². The first kappa shape index (κ1) is 14.7. The molecule has 5 heteroatoms. The maximum absolute atomic E-state index is 12.0. The molecule has 0 aromatic heterocycles. The van der Waals surface area contributed by atoms with E-state index < -0.39 is 0 Å². The van der Waals surface area contributed by atoms with E-state index in [1.807, 2.05) is 38.1 Å². The van der Waals surface area contributed by atoms with Crippen LogP contribution in [0.3, 0.4) is 0 Å². The second-order valence-electron chi connectivity index (χ2n) is 6.30. The van der Waals surface area contributed by atoms with Gasteiger partial charge in [-0.3, -0.25) is 0 Å². The average molecular weight is 277 g/mol. The monoisotopic (exact) mass is 277 g/mol. The molecule has 5 nitrogen and oxygen atoms in total. The molecule has 1 aliphatic carbocycles. The summed E-state index contributed by atoms with van der Waals surface area (Å²) in [5, 5.41) is 15.0. The largest absolute Gasteiger partial charge is 0.398 e. The number of hydrogen-bond donors (Lipinski definition) is 4. The lowest BCUT2D eigenvalue weighted by Gasteiger charge is -2.24. The van der Waals surface area contributed by atoms with Gasteiger partial charge in [0.15, 0.2) is 0 Å². The maximum atomic E-state index is 12.0. The van der Waals surface area contributed by atoms with E-state index in [0.717, 1.165) is 18.4 Å². The van der Waals surface area contributed by atoms with E-state index in [0.29, 0.717) is 12.2 Å². The molecule has 1 saturated carbocycles. The second kappa shape index (κ2) is 5.32. The van der Waals surface area contributed by atoms with Crippen molar-refractivity contribution >= 4 is 11.7 Å². The number of carbonyl (C=O) groups excluding carboxylic acids is 1.